The number of guanidine groups is 1. The Morgan fingerprint density at radius 2 is 1.04 bits per heavy atom. The van der Waals surface area contributed by atoms with Crippen LogP contribution in [-0.4, -0.2) is 59.2 Å². The number of aliphatic hydroxyl groups is 1. The number of rotatable bonds is 16. The van der Waals surface area contributed by atoms with Crippen molar-refractivity contribution in [2.75, 3.05) is 13.2 Å². The third-order valence-electron chi connectivity index (χ3n) is 8.90. The molecule has 4 amide bonds. The average Bonchev–Trinajstić information content (AvgIpc) is 3.23. The molecule has 5 rings (SSSR count). The van der Waals surface area contributed by atoms with Gasteiger partial charge in [-0.1, -0.05) is 152 Å². The molecular weight excluding hydrogens is 711 g/mol. The quantitative estimate of drug-likeness (QED) is 0.0526. The Morgan fingerprint density at radius 1 is 0.625 bits per heavy atom. The number of hydrogen-bond donors (Lipinski definition) is 4. The van der Waals surface area contributed by atoms with E-state index in [1.807, 2.05) is 103 Å². The lowest BCUT2D eigenvalue weighted by Gasteiger charge is -2.38. The van der Waals surface area contributed by atoms with Gasteiger partial charge in [-0.2, -0.15) is 0 Å². The van der Waals surface area contributed by atoms with Crippen LogP contribution in [0.1, 0.15) is 52.6 Å². The number of aliphatic hydroxyl groups excluding tert-OH is 1. The van der Waals surface area contributed by atoms with Gasteiger partial charge in [0, 0.05) is 6.54 Å². The van der Waals surface area contributed by atoms with E-state index in [4.69, 9.17) is 15.2 Å². The lowest BCUT2D eigenvalue weighted by atomic mass is 9.88. The van der Waals surface area contributed by atoms with E-state index in [1.54, 1.807) is 48.5 Å². The van der Waals surface area contributed by atoms with Gasteiger partial charge in [0.25, 0.3) is 0 Å². The van der Waals surface area contributed by atoms with Crippen LogP contribution in [0.5, 0.6) is 0 Å². The molecule has 5 aromatic rings. The Labute approximate surface area is 326 Å². The number of carbonyl (C=O) groups excluding carboxylic acids is 4. The summed E-state index contributed by atoms with van der Waals surface area (Å²) in [5.41, 5.74) is 9.59. The summed E-state index contributed by atoms with van der Waals surface area (Å²) in [6.45, 7) is -0.553. The fourth-order valence-electron chi connectivity index (χ4n) is 6.19. The molecule has 0 saturated carbocycles. The highest BCUT2D eigenvalue weighted by Gasteiger charge is 2.39. The standard InChI is InChI=1S/C44H45N5O7/c45-40(51)37(49(38(29-50)34-21-10-3-11-22-34)41(52)39(35-23-12-4-13-24-35)36-25-14-5-15-26-36)27-16-28-46-42(47-43(53)55-30-32-17-6-1-7-18-32)48-44(54)56-31-33-19-8-2-9-20-33/h1-15,17-26,37-39,50H,16,27-31H2,(H2,45,51)(H2,46,47,48,53,54)/t37-,38-/m1/s1. The normalized spacial score (nSPS) is 11.8. The molecule has 0 spiro atoms. The van der Waals surface area contributed by atoms with Gasteiger partial charge in [0.1, 0.15) is 19.3 Å². The minimum absolute atomic E-state index is 0.0188. The van der Waals surface area contributed by atoms with Gasteiger partial charge in [-0.05, 0) is 40.7 Å². The second-order valence-corrected chi connectivity index (χ2v) is 12.8. The third kappa shape index (κ3) is 11.9. The van der Waals surface area contributed by atoms with E-state index in [0.717, 1.165) is 11.1 Å². The van der Waals surface area contributed by atoms with Crippen LogP contribution in [0.3, 0.4) is 0 Å². The largest absolute Gasteiger partial charge is 0.444 e. The molecule has 12 nitrogen and oxygen atoms in total. The van der Waals surface area contributed by atoms with Crippen molar-refractivity contribution in [2.24, 2.45) is 10.7 Å². The predicted molar refractivity (Wildman–Crippen MR) is 212 cm³/mol. The van der Waals surface area contributed by atoms with Crippen LogP contribution in [0.2, 0.25) is 0 Å². The summed E-state index contributed by atoms with van der Waals surface area (Å²) in [7, 11) is 0. The van der Waals surface area contributed by atoms with Crippen LogP contribution >= 0.6 is 0 Å². The second kappa shape index (κ2) is 21.2. The van der Waals surface area contributed by atoms with Gasteiger partial charge in [-0.15, -0.1) is 0 Å². The van der Waals surface area contributed by atoms with Gasteiger partial charge in [0.15, 0.2) is 0 Å². The van der Waals surface area contributed by atoms with Gasteiger partial charge in [-0.25, -0.2) is 9.59 Å². The van der Waals surface area contributed by atoms with E-state index in [0.29, 0.717) is 16.7 Å². The summed E-state index contributed by atoms with van der Waals surface area (Å²) in [4.78, 5) is 59.6. The number of nitrogens with zero attached hydrogens (tertiary/aromatic N) is 2. The molecule has 2 atom stereocenters. The summed E-state index contributed by atoms with van der Waals surface area (Å²) in [6.07, 6.45) is -1.53. The van der Waals surface area contributed by atoms with Crippen LogP contribution in [0, 0.1) is 0 Å². The first-order valence-electron chi connectivity index (χ1n) is 18.2. The van der Waals surface area contributed by atoms with Gasteiger partial charge in [0.05, 0.1) is 18.6 Å². The van der Waals surface area contributed by atoms with Crippen LogP contribution < -0.4 is 16.4 Å². The first-order valence-corrected chi connectivity index (χ1v) is 18.2. The van der Waals surface area contributed by atoms with Crippen LogP contribution in [0.4, 0.5) is 9.59 Å². The van der Waals surface area contributed by atoms with E-state index in [-0.39, 0.29) is 38.6 Å². The highest BCUT2D eigenvalue weighted by Crippen LogP contribution is 2.33. The first kappa shape index (κ1) is 40.4. The minimum atomic E-state index is -1.18. The van der Waals surface area contributed by atoms with Gasteiger partial charge in [-0.3, -0.25) is 25.2 Å². The Hall–Kier alpha value is -6.79. The molecule has 0 aliphatic carbocycles. The lowest BCUT2D eigenvalue weighted by molar-refractivity contribution is -0.144. The smallest absolute Gasteiger partial charge is 0.414 e. The number of benzene rings is 5. The molecule has 0 radical (unpaired) electrons. The Balaban J connectivity index is 1.38. The fraction of sp³-hybridized carbons (Fsp3) is 0.205. The molecule has 0 heterocycles. The molecule has 0 fully saturated rings. The van der Waals surface area contributed by atoms with E-state index >= 15 is 0 Å². The SMILES string of the molecule is NC(=O)[C@@H](CCCN=C(NC(=O)OCc1ccccc1)NC(=O)OCc1ccccc1)N(C(=O)C(c1ccccc1)c1ccccc1)[C@H](CO)c1ccccc1. The number of alkyl carbamates (subject to hydrolysis) is 2. The summed E-state index contributed by atoms with van der Waals surface area (Å²) in [5, 5.41) is 15.7. The van der Waals surface area contributed by atoms with Crippen molar-refractivity contribution in [3.63, 3.8) is 0 Å². The Kier molecular flexibility index (Phi) is 15.3. The van der Waals surface area contributed by atoms with Crippen molar-refractivity contribution in [2.45, 2.75) is 44.1 Å². The average molecular weight is 756 g/mol. The van der Waals surface area contributed by atoms with E-state index in [2.05, 4.69) is 15.6 Å². The van der Waals surface area contributed by atoms with Crippen LogP contribution in [0.25, 0.3) is 0 Å². The molecule has 0 aliphatic rings. The zero-order valence-corrected chi connectivity index (χ0v) is 30.8. The Bertz CT molecular complexity index is 1920. The minimum Gasteiger partial charge on any atom is -0.444 e. The highest BCUT2D eigenvalue weighted by molar-refractivity contribution is 6.01. The van der Waals surface area contributed by atoms with Crippen molar-refractivity contribution >= 4 is 30.0 Å². The molecule has 288 valence electrons. The number of ether oxygens (including phenoxy) is 2. The molecular formula is C44H45N5O7. The molecule has 5 aromatic carbocycles. The summed E-state index contributed by atoms with van der Waals surface area (Å²) in [5.74, 6) is -2.26. The van der Waals surface area contributed by atoms with E-state index in [9.17, 15) is 24.3 Å². The van der Waals surface area contributed by atoms with Crippen LogP contribution in [0.15, 0.2) is 157 Å². The van der Waals surface area contributed by atoms with Crippen molar-refractivity contribution in [3.05, 3.63) is 179 Å². The fourth-order valence-corrected chi connectivity index (χ4v) is 6.19. The predicted octanol–water partition coefficient (Wildman–Crippen LogP) is 6.22. The maximum absolute atomic E-state index is 14.9. The maximum Gasteiger partial charge on any atom is 0.414 e. The Morgan fingerprint density at radius 3 is 1.45 bits per heavy atom. The van der Waals surface area contributed by atoms with Crippen molar-refractivity contribution in [1.29, 1.82) is 0 Å². The number of aliphatic imine (C=N–C) groups is 1. The molecule has 0 bridgehead atoms. The number of amides is 4. The molecule has 5 N–H and O–H groups in total. The second-order valence-electron chi connectivity index (χ2n) is 12.8. The van der Waals surface area contributed by atoms with Gasteiger partial charge >= 0.3 is 12.2 Å². The maximum atomic E-state index is 14.9. The van der Waals surface area contributed by atoms with Crippen LogP contribution in [-0.2, 0) is 32.3 Å². The zero-order valence-electron chi connectivity index (χ0n) is 30.8. The molecule has 0 unspecified atom stereocenters. The molecule has 56 heavy (non-hydrogen) atoms. The number of nitrogens with one attached hydrogen (secondary N) is 2. The number of hydrogen-bond acceptors (Lipinski definition) is 8. The summed E-state index contributed by atoms with van der Waals surface area (Å²) >= 11 is 0. The lowest BCUT2D eigenvalue weighted by Crippen LogP contribution is -2.52. The number of primary amides is 1. The summed E-state index contributed by atoms with van der Waals surface area (Å²) < 4.78 is 10.7. The van der Waals surface area contributed by atoms with Crippen molar-refractivity contribution < 1.29 is 33.8 Å². The van der Waals surface area contributed by atoms with Crippen molar-refractivity contribution in [1.82, 2.24) is 15.5 Å². The zero-order chi connectivity index (χ0) is 39.5. The number of carbonyl (C=O) groups is 4. The monoisotopic (exact) mass is 755 g/mol. The third-order valence-corrected chi connectivity index (χ3v) is 8.90. The van der Waals surface area contributed by atoms with Crippen molar-refractivity contribution in [3.8, 4) is 0 Å². The molecule has 0 aliphatic heterocycles. The number of nitrogens with two attached hydrogens (primary N) is 1. The molecule has 12 heteroatoms. The highest BCUT2D eigenvalue weighted by atomic mass is 16.6. The molecule has 0 saturated heterocycles. The summed E-state index contributed by atoms with van der Waals surface area (Å²) in [6, 6.07) is 43.4. The van der Waals surface area contributed by atoms with Gasteiger partial charge < -0.3 is 25.2 Å². The first-order chi connectivity index (χ1) is 27.3. The molecule has 0 aromatic heterocycles. The van der Waals surface area contributed by atoms with E-state index < -0.39 is 48.6 Å². The van der Waals surface area contributed by atoms with Gasteiger partial charge in [0.2, 0.25) is 17.8 Å². The topological polar surface area (TPSA) is 173 Å². The van der Waals surface area contributed by atoms with E-state index in [1.165, 1.54) is 4.90 Å².